The van der Waals surface area contributed by atoms with E-state index in [4.69, 9.17) is 17.3 Å². The lowest BCUT2D eigenvalue weighted by Gasteiger charge is -2.18. The van der Waals surface area contributed by atoms with Crippen LogP contribution in [0.2, 0.25) is 5.02 Å². The smallest absolute Gasteiger partial charge is 0.270 e. The van der Waals surface area contributed by atoms with Crippen molar-refractivity contribution in [2.75, 3.05) is 7.05 Å². The Morgan fingerprint density at radius 3 is 2.23 bits per heavy atom. The molecule has 156 valence electrons. The highest BCUT2D eigenvalue weighted by atomic mass is 35.5. The predicted octanol–water partition coefficient (Wildman–Crippen LogP) is 3.18. The normalized spacial score (nSPS) is 11.3. The zero-order chi connectivity index (χ0) is 22.1. The van der Waals surface area contributed by atoms with E-state index in [1.165, 1.54) is 24.0 Å². The van der Waals surface area contributed by atoms with E-state index < -0.39 is 21.7 Å². The van der Waals surface area contributed by atoms with Gasteiger partial charge in [-0.3, -0.25) is 9.59 Å². The predicted molar refractivity (Wildman–Crippen MR) is 113 cm³/mol. The van der Waals surface area contributed by atoms with Crippen LogP contribution in [0.4, 0.5) is 0 Å². The van der Waals surface area contributed by atoms with Gasteiger partial charge in [0.25, 0.3) is 11.8 Å². The number of nitrogens with two attached hydrogens (primary N) is 1. The molecule has 3 rings (SSSR count). The quantitative estimate of drug-likeness (QED) is 0.606. The average molecular weight is 446 g/mol. The summed E-state index contributed by atoms with van der Waals surface area (Å²) in [5.41, 5.74) is 5.92. The van der Waals surface area contributed by atoms with Gasteiger partial charge in [0.2, 0.25) is 9.84 Å². The number of hydrogen-bond donors (Lipinski definition) is 2. The van der Waals surface area contributed by atoms with Gasteiger partial charge in [0.05, 0.1) is 4.90 Å². The third kappa shape index (κ3) is 3.96. The van der Waals surface area contributed by atoms with E-state index in [1.54, 1.807) is 49.5 Å². The summed E-state index contributed by atoms with van der Waals surface area (Å²) in [5, 5.41) is 0.505. The molecule has 9 heteroatoms. The van der Waals surface area contributed by atoms with E-state index in [-0.39, 0.29) is 33.3 Å². The first-order valence-electron chi connectivity index (χ1n) is 8.96. The molecule has 0 saturated carbocycles. The Hall–Kier alpha value is -3.10. The molecule has 0 bridgehead atoms. The number of aromatic amines is 1. The van der Waals surface area contributed by atoms with Crippen LogP contribution in [0.1, 0.15) is 32.1 Å². The number of rotatable bonds is 6. The number of aromatic nitrogens is 1. The van der Waals surface area contributed by atoms with Crippen molar-refractivity contribution in [3.8, 4) is 0 Å². The Kier molecular flexibility index (Phi) is 6.00. The topological polar surface area (TPSA) is 113 Å². The van der Waals surface area contributed by atoms with Crippen LogP contribution < -0.4 is 5.73 Å². The molecule has 7 nitrogen and oxygen atoms in total. The van der Waals surface area contributed by atoms with Crippen molar-refractivity contribution in [3.63, 3.8) is 0 Å². The third-order valence-electron chi connectivity index (χ3n) is 4.69. The summed E-state index contributed by atoms with van der Waals surface area (Å²) in [6.45, 7) is 1.67. The number of primary amides is 1. The van der Waals surface area contributed by atoms with Crippen LogP contribution in [0.25, 0.3) is 0 Å². The molecular formula is C21H20ClN3O4S. The number of carbonyl (C=O) groups is 2. The van der Waals surface area contributed by atoms with E-state index in [0.29, 0.717) is 5.02 Å². The monoisotopic (exact) mass is 445 g/mol. The second kappa shape index (κ2) is 8.33. The Morgan fingerprint density at radius 1 is 1.03 bits per heavy atom. The molecule has 0 radical (unpaired) electrons. The molecule has 0 aliphatic heterocycles. The minimum atomic E-state index is -4.07. The summed E-state index contributed by atoms with van der Waals surface area (Å²) in [7, 11) is -2.52. The summed E-state index contributed by atoms with van der Waals surface area (Å²) < 4.78 is 26.3. The molecule has 2 amide bonds. The Bertz CT molecular complexity index is 1220. The first-order chi connectivity index (χ1) is 14.1. The molecule has 0 aliphatic rings. The lowest BCUT2D eigenvalue weighted by Crippen LogP contribution is -2.27. The number of benzene rings is 2. The lowest BCUT2D eigenvalue weighted by molar-refractivity contribution is 0.0779. The second-order valence-corrected chi connectivity index (χ2v) is 9.06. The third-order valence-corrected chi connectivity index (χ3v) is 7.00. The molecule has 1 heterocycles. The highest BCUT2D eigenvalue weighted by Gasteiger charge is 2.32. The van der Waals surface area contributed by atoms with Crippen LogP contribution in [0.5, 0.6) is 0 Å². The van der Waals surface area contributed by atoms with Gasteiger partial charge in [0.1, 0.15) is 16.3 Å². The number of nitrogens with zero attached hydrogens (tertiary/aromatic N) is 1. The number of carbonyl (C=O) groups excluding carboxylic acids is 2. The van der Waals surface area contributed by atoms with E-state index >= 15 is 0 Å². The number of sulfone groups is 1. The van der Waals surface area contributed by atoms with E-state index in [2.05, 4.69) is 4.98 Å². The molecule has 3 N–H and O–H groups in total. The number of nitrogens with one attached hydrogen (secondary N) is 1. The van der Waals surface area contributed by atoms with Crippen molar-refractivity contribution >= 4 is 33.3 Å². The largest absolute Gasteiger partial charge is 0.364 e. The number of H-pyrrole nitrogens is 1. The molecule has 0 aliphatic carbocycles. The maximum absolute atomic E-state index is 13.2. The molecule has 30 heavy (non-hydrogen) atoms. The maximum atomic E-state index is 13.2. The summed E-state index contributed by atoms with van der Waals surface area (Å²) in [6.07, 6.45) is 0. The number of hydrogen-bond acceptors (Lipinski definition) is 4. The van der Waals surface area contributed by atoms with Gasteiger partial charge >= 0.3 is 0 Å². The first kappa shape index (κ1) is 21.6. The standard InChI is InChI=1S/C21H20ClN3O4S/c1-13-17(21(27)25(2)12-14-8-6-7-11-16(14)22)24-18(20(23)26)19(13)30(28,29)15-9-4-3-5-10-15/h3-11,24H,12H2,1-2H3,(H2,23,26). The highest BCUT2D eigenvalue weighted by molar-refractivity contribution is 7.91. The van der Waals surface area contributed by atoms with E-state index in [1.807, 2.05) is 0 Å². The van der Waals surface area contributed by atoms with E-state index in [0.717, 1.165) is 5.56 Å². The van der Waals surface area contributed by atoms with E-state index in [9.17, 15) is 18.0 Å². The van der Waals surface area contributed by atoms with Crippen LogP contribution in [-0.2, 0) is 16.4 Å². The van der Waals surface area contributed by atoms with Gasteiger partial charge in [-0.15, -0.1) is 0 Å². The lowest BCUT2D eigenvalue weighted by atomic mass is 10.2. The molecule has 3 aromatic rings. The average Bonchev–Trinajstić information content (AvgIpc) is 3.08. The van der Waals surface area contributed by atoms with Gasteiger partial charge < -0.3 is 15.6 Å². The molecule has 1 aromatic heterocycles. The van der Waals surface area contributed by atoms with Crippen LogP contribution in [-0.4, -0.2) is 37.2 Å². The zero-order valence-electron chi connectivity index (χ0n) is 16.3. The molecular weight excluding hydrogens is 426 g/mol. The summed E-state index contributed by atoms with van der Waals surface area (Å²) >= 11 is 6.16. The molecule has 0 unspecified atom stereocenters. The van der Waals surface area contributed by atoms with Gasteiger partial charge in [-0.1, -0.05) is 48.0 Å². The molecule has 0 saturated heterocycles. The van der Waals surface area contributed by atoms with Crippen molar-refractivity contribution in [2.24, 2.45) is 5.73 Å². The minimum absolute atomic E-state index is 0.00183. The van der Waals surface area contributed by atoms with Crippen LogP contribution >= 0.6 is 11.6 Å². The minimum Gasteiger partial charge on any atom is -0.364 e. The molecule has 0 spiro atoms. The first-order valence-corrected chi connectivity index (χ1v) is 10.8. The fourth-order valence-electron chi connectivity index (χ4n) is 3.16. The molecule has 0 fully saturated rings. The molecule has 0 atom stereocenters. The van der Waals surface area contributed by atoms with Gasteiger partial charge in [-0.25, -0.2) is 8.42 Å². The van der Waals surface area contributed by atoms with Crippen LogP contribution in [0.3, 0.4) is 0 Å². The van der Waals surface area contributed by atoms with Crippen molar-refractivity contribution in [2.45, 2.75) is 23.3 Å². The van der Waals surface area contributed by atoms with Crippen molar-refractivity contribution in [1.82, 2.24) is 9.88 Å². The molecule has 2 aromatic carbocycles. The second-order valence-electron chi connectivity index (χ2n) is 6.76. The van der Waals surface area contributed by atoms with Crippen LogP contribution in [0, 0.1) is 6.92 Å². The fourth-order valence-corrected chi connectivity index (χ4v) is 5.03. The van der Waals surface area contributed by atoms with Crippen molar-refractivity contribution < 1.29 is 18.0 Å². The van der Waals surface area contributed by atoms with Gasteiger partial charge in [-0.05, 0) is 36.2 Å². The maximum Gasteiger partial charge on any atom is 0.270 e. The fraction of sp³-hybridized carbons (Fsp3) is 0.143. The Morgan fingerprint density at radius 2 is 1.63 bits per heavy atom. The number of amides is 2. The Labute approximate surface area is 179 Å². The Balaban J connectivity index is 2.05. The van der Waals surface area contributed by atoms with Crippen LogP contribution in [0.15, 0.2) is 64.4 Å². The zero-order valence-corrected chi connectivity index (χ0v) is 17.9. The number of halogens is 1. The van der Waals surface area contributed by atoms with Crippen molar-refractivity contribution in [1.29, 1.82) is 0 Å². The summed E-state index contributed by atoms with van der Waals surface area (Å²) in [6, 6.07) is 14.7. The summed E-state index contributed by atoms with van der Waals surface area (Å²) in [5.74, 6) is -1.47. The van der Waals surface area contributed by atoms with Gasteiger partial charge in [0, 0.05) is 18.6 Å². The highest BCUT2D eigenvalue weighted by Crippen LogP contribution is 2.30. The van der Waals surface area contributed by atoms with Gasteiger partial charge in [0.15, 0.2) is 0 Å². The SMILES string of the molecule is Cc1c(C(=O)N(C)Cc2ccccc2Cl)[nH]c(C(N)=O)c1S(=O)(=O)c1ccccc1. The summed E-state index contributed by atoms with van der Waals surface area (Å²) in [4.78, 5) is 28.7. The van der Waals surface area contributed by atoms with Gasteiger partial charge in [-0.2, -0.15) is 0 Å². The van der Waals surface area contributed by atoms with Crippen molar-refractivity contribution in [3.05, 3.63) is 82.1 Å².